The molecule has 2 aromatic rings. The molecule has 0 aliphatic heterocycles. The Hall–Kier alpha value is -1.72. The molecule has 0 heterocycles. The molecule has 2 fully saturated rings. The second-order valence-electron chi connectivity index (χ2n) is 13.8. The fourth-order valence-corrected chi connectivity index (χ4v) is 10.1. The Morgan fingerprint density at radius 3 is 2.33 bits per heavy atom. The zero-order valence-electron chi connectivity index (χ0n) is 24.4. The Morgan fingerprint density at radius 1 is 0.950 bits per heavy atom. The van der Waals surface area contributed by atoms with Crippen LogP contribution >= 0.6 is 0 Å². The Balaban J connectivity index is 1.34. The summed E-state index contributed by atoms with van der Waals surface area (Å²) in [6, 6.07) is 11.8. The lowest BCUT2D eigenvalue weighted by Crippen LogP contribution is -2.45. The van der Waals surface area contributed by atoms with Gasteiger partial charge in [0.25, 0.3) is 10.1 Å². The average molecular weight is 606 g/mol. The molecule has 220 valence electrons. The number of fused-ring (bicyclic) bond motifs is 5. The van der Waals surface area contributed by atoms with Crippen LogP contribution in [-0.2, 0) is 30.7 Å². The summed E-state index contributed by atoms with van der Waals surface area (Å²) < 4.78 is 62.5. The second kappa shape index (κ2) is 9.93. The maximum Gasteiger partial charge on any atom is 0.297 e. The molecule has 3 aliphatic rings. The normalized spacial score (nSPS) is 28.9. The largest absolute Gasteiger partial charge is 0.543 e. The predicted molar refractivity (Wildman–Crippen MR) is 159 cm³/mol. The standard InChI is InChI=1S/C30H43NO6S2Si/c1-29(2,3)40(5,6)37-21-11-13-24-20(18-21)10-12-26-25(24)16-17-30(4)27(26)14-15-28(30)36-39(34,35)23-9-7-8-22(19-23)38(31,32)33/h7-9,11,13,18-19,25-28H,10,12,14-17H2,1-6H3,(H2,31,32,33)/t25-,26-,27+,28+,30+/m1/s1. The molecule has 0 bridgehead atoms. The molecule has 5 rings (SSSR count). The summed E-state index contributed by atoms with van der Waals surface area (Å²) in [7, 11) is -10.1. The molecule has 5 atom stereocenters. The van der Waals surface area contributed by atoms with Crippen molar-refractivity contribution < 1.29 is 25.4 Å². The molecule has 2 aromatic carbocycles. The van der Waals surface area contributed by atoms with Crippen molar-refractivity contribution in [3.05, 3.63) is 53.6 Å². The SMILES string of the molecule is CC(C)(C)[Si](C)(C)Oc1ccc2c(c1)CC[C@@H]1[C@@H]2CC[C@]2(C)[C@@H](OS(=O)(=O)c3cccc(S(N)(=O)=O)c3)CC[C@@H]12. The van der Waals surface area contributed by atoms with Crippen LogP contribution in [0.25, 0.3) is 0 Å². The molecule has 2 saturated carbocycles. The van der Waals surface area contributed by atoms with Crippen LogP contribution in [0.15, 0.2) is 52.3 Å². The number of hydrogen-bond donors (Lipinski definition) is 1. The summed E-state index contributed by atoms with van der Waals surface area (Å²) in [4.78, 5) is -0.422. The summed E-state index contributed by atoms with van der Waals surface area (Å²) in [5.74, 6) is 2.31. The fourth-order valence-electron chi connectivity index (χ4n) is 7.20. The molecule has 40 heavy (non-hydrogen) atoms. The third kappa shape index (κ3) is 5.30. The Bertz CT molecular complexity index is 1510. The lowest BCUT2D eigenvalue weighted by atomic mass is 9.55. The minimum atomic E-state index is -4.15. The number of rotatable bonds is 6. The Kier molecular flexibility index (Phi) is 7.39. The van der Waals surface area contributed by atoms with Crippen LogP contribution in [-0.4, -0.2) is 31.3 Å². The van der Waals surface area contributed by atoms with E-state index in [4.69, 9.17) is 13.7 Å². The third-order valence-corrected chi connectivity index (χ3v) is 17.0. The van der Waals surface area contributed by atoms with Gasteiger partial charge in [0.15, 0.2) is 0 Å². The third-order valence-electron chi connectivity index (χ3n) is 10.5. The first kappa shape index (κ1) is 29.8. The minimum Gasteiger partial charge on any atom is -0.543 e. The Morgan fingerprint density at radius 2 is 1.65 bits per heavy atom. The molecule has 2 N–H and O–H groups in total. The smallest absolute Gasteiger partial charge is 0.297 e. The van der Waals surface area contributed by atoms with Gasteiger partial charge >= 0.3 is 0 Å². The molecule has 0 radical (unpaired) electrons. The average Bonchev–Trinajstić information content (AvgIpc) is 3.18. The number of primary sulfonamides is 1. The summed E-state index contributed by atoms with van der Waals surface area (Å²) in [5.41, 5.74) is 2.57. The minimum absolute atomic E-state index is 0.140. The number of nitrogens with two attached hydrogens (primary N) is 1. The van der Waals surface area contributed by atoms with Crippen molar-refractivity contribution in [3.63, 3.8) is 0 Å². The van der Waals surface area contributed by atoms with Crippen molar-refractivity contribution in [1.82, 2.24) is 0 Å². The number of hydrogen-bond acceptors (Lipinski definition) is 6. The lowest BCUT2D eigenvalue weighted by Gasteiger charge is -2.50. The van der Waals surface area contributed by atoms with Crippen LogP contribution in [0.4, 0.5) is 0 Å². The highest BCUT2D eigenvalue weighted by molar-refractivity contribution is 7.89. The van der Waals surface area contributed by atoms with Gasteiger partial charge in [-0.3, -0.25) is 4.18 Å². The first-order valence-corrected chi connectivity index (χ1v) is 20.2. The van der Waals surface area contributed by atoms with Crippen molar-refractivity contribution >= 4 is 28.5 Å². The van der Waals surface area contributed by atoms with Gasteiger partial charge in [-0.15, -0.1) is 0 Å². The molecule has 0 aromatic heterocycles. The van der Waals surface area contributed by atoms with Crippen LogP contribution < -0.4 is 9.56 Å². The monoisotopic (exact) mass is 605 g/mol. The summed E-state index contributed by atoms with van der Waals surface area (Å²) in [5, 5.41) is 5.36. The van der Waals surface area contributed by atoms with Crippen LogP contribution in [0.3, 0.4) is 0 Å². The molecule has 0 spiro atoms. The van der Waals surface area contributed by atoms with Gasteiger partial charge in [-0.2, -0.15) is 8.42 Å². The highest BCUT2D eigenvalue weighted by Gasteiger charge is 2.56. The molecule has 0 saturated heterocycles. The number of benzene rings is 2. The van der Waals surface area contributed by atoms with Crippen molar-refractivity contribution in [2.24, 2.45) is 22.4 Å². The van der Waals surface area contributed by atoms with Crippen molar-refractivity contribution in [1.29, 1.82) is 0 Å². The van der Waals surface area contributed by atoms with Gasteiger partial charge in [-0.1, -0.05) is 39.8 Å². The summed E-state index contributed by atoms with van der Waals surface area (Å²) >= 11 is 0. The Labute approximate surface area is 241 Å². The quantitative estimate of drug-likeness (QED) is 0.303. The van der Waals surface area contributed by atoms with E-state index in [-0.39, 0.29) is 20.2 Å². The van der Waals surface area contributed by atoms with E-state index in [1.807, 2.05) is 0 Å². The molecular formula is C30H43NO6S2Si. The molecule has 10 heteroatoms. The molecule has 7 nitrogen and oxygen atoms in total. The lowest BCUT2D eigenvalue weighted by molar-refractivity contribution is -0.00804. The van der Waals surface area contributed by atoms with E-state index in [0.29, 0.717) is 24.2 Å². The topological polar surface area (TPSA) is 113 Å². The van der Waals surface area contributed by atoms with E-state index in [1.54, 1.807) is 0 Å². The van der Waals surface area contributed by atoms with Gasteiger partial charge in [0.1, 0.15) is 5.75 Å². The van der Waals surface area contributed by atoms with E-state index < -0.39 is 34.6 Å². The van der Waals surface area contributed by atoms with E-state index in [2.05, 4.69) is 59.0 Å². The van der Waals surface area contributed by atoms with Gasteiger partial charge in [-0.05, 0) is 121 Å². The zero-order valence-corrected chi connectivity index (χ0v) is 27.1. The van der Waals surface area contributed by atoms with Crippen molar-refractivity contribution in [2.45, 2.75) is 106 Å². The highest BCUT2D eigenvalue weighted by atomic mass is 32.2. The van der Waals surface area contributed by atoms with Gasteiger partial charge in [-0.25, -0.2) is 13.6 Å². The van der Waals surface area contributed by atoms with Gasteiger partial charge in [0.2, 0.25) is 18.3 Å². The fraction of sp³-hybridized carbons (Fsp3) is 0.600. The molecule has 0 unspecified atom stereocenters. The number of aryl methyl sites for hydroxylation is 1. The summed E-state index contributed by atoms with van der Waals surface area (Å²) in [6.45, 7) is 13.5. The maximum absolute atomic E-state index is 13.3. The van der Waals surface area contributed by atoms with Gasteiger partial charge in [0, 0.05) is 0 Å². The van der Waals surface area contributed by atoms with Gasteiger partial charge < -0.3 is 4.43 Å². The number of sulfonamides is 1. The van der Waals surface area contributed by atoms with Crippen molar-refractivity contribution in [3.8, 4) is 5.75 Å². The molecular weight excluding hydrogens is 563 g/mol. The second-order valence-corrected chi connectivity index (χ2v) is 21.7. The first-order valence-electron chi connectivity index (χ1n) is 14.3. The van der Waals surface area contributed by atoms with Crippen LogP contribution in [0.5, 0.6) is 5.75 Å². The van der Waals surface area contributed by atoms with Gasteiger partial charge in [0.05, 0.1) is 15.9 Å². The zero-order chi connectivity index (χ0) is 29.3. The summed E-state index contributed by atoms with van der Waals surface area (Å²) in [6.07, 6.45) is 5.12. The first-order chi connectivity index (χ1) is 18.4. The predicted octanol–water partition coefficient (Wildman–Crippen LogP) is 6.35. The van der Waals surface area contributed by atoms with E-state index >= 15 is 0 Å². The van der Waals surface area contributed by atoms with Crippen LogP contribution in [0, 0.1) is 17.3 Å². The highest BCUT2D eigenvalue weighted by Crippen LogP contribution is 2.62. The molecule has 0 amide bonds. The van der Waals surface area contributed by atoms with Crippen LogP contribution in [0.2, 0.25) is 18.1 Å². The van der Waals surface area contributed by atoms with E-state index in [1.165, 1.54) is 29.3 Å². The maximum atomic E-state index is 13.3. The van der Waals surface area contributed by atoms with Crippen molar-refractivity contribution in [2.75, 3.05) is 0 Å². The van der Waals surface area contributed by atoms with Crippen LogP contribution in [0.1, 0.15) is 76.8 Å². The van der Waals surface area contributed by atoms with E-state index in [9.17, 15) is 16.8 Å². The molecule has 3 aliphatic carbocycles. The van der Waals surface area contributed by atoms with E-state index in [0.717, 1.165) is 43.9 Å².